The van der Waals surface area contributed by atoms with Gasteiger partial charge in [-0.15, -0.1) is 0 Å². The summed E-state index contributed by atoms with van der Waals surface area (Å²) in [5.74, 6) is 1.46. The van der Waals surface area contributed by atoms with E-state index < -0.39 is 0 Å². The molecule has 7 nitrogen and oxygen atoms in total. The number of benzene rings is 1. The third kappa shape index (κ3) is 3.82. The zero-order valence-corrected chi connectivity index (χ0v) is 15.2. The number of ether oxygens (including phenoxy) is 2. The number of carbonyl (C=O) groups excluding carboxylic acids is 1. The van der Waals surface area contributed by atoms with Crippen LogP contribution >= 0.6 is 11.6 Å². The van der Waals surface area contributed by atoms with E-state index in [0.717, 1.165) is 5.69 Å². The molecule has 1 aliphatic rings. The van der Waals surface area contributed by atoms with Gasteiger partial charge < -0.3 is 20.1 Å². The van der Waals surface area contributed by atoms with Gasteiger partial charge in [-0.1, -0.05) is 11.6 Å². The molecule has 2 amide bonds. The van der Waals surface area contributed by atoms with E-state index in [1.54, 1.807) is 16.8 Å². The average Bonchev–Trinajstić information content (AvgIpc) is 3.36. The minimum Gasteiger partial charge on any atom is -0.493 e. The van der Waals surface area contributed by atoms with Gasteiger partial charge in [-0.3, -0.25) is 4.68 Å². The highest BCUT2D eigenvalue weighted by Gasteiger charge is 2.28. The molecule has 0 saturated heterocycles. The Morgan fingerprint density at radius 3 is 2.76 bits per heavy atom. The molecule has 25 heavy (non-hydrogen) atoms. The van der Waals surface area contributed by atoms with Gasteiger partial charge in [0, 0.05) is 18.8 Å². The number of hydrogen-bond acceptors (Lipinski definition) is 4. The Morgan fingerprint density at radius 1 is 1.36 bits per heavy atom. The molecule has 1 heterocycles. The lowest BCUT2D eigenvalue weighted by molar-refractivity contribution is 0.251. The van der Waals surface area contributed by atoms with Gasteiger partial charge in [-0.05, 0) is 30.4 Å². The van der Waals surface area contributed by atoms with Crippen molar-refractivity contribution < 1.29 is 14.3 Å². The predicted octanol–water partition coefficient (Wildman–Crippen LogP) is 3.29. The molecule has 0 spiro atoms. The highest BCUT2D eigenvalue weighted by atomic mass is 35.5. The van der Waals surface area contributed by atoms with E-state index in [4.69, 9.17) is 21.1 Å². The number of nitrogens with zero attached hydrogens (tertiary/aromatic N) is 2. The molecule has 0 aliphatic heterocycles. The molecule has 0 unspecified atom stereocenters. The third-order valence-corrected chi connectivity index (χ3v) is 4.50. The van der Waals surface area contributed by atoms with Crippen LogP contribution in [0.4, 0.5) is 10.5 Å². The molecule has 0 radical (unpaired) electrons. The highest BCUT2D eigenvalue weighted by Crippen LogP contribution is 2.41. The summed E-state index contributed by atoms with van der Waals surface area (Å²) < 4.78 is 12.2. The van der Waals surface area contributed by atoms with Gasteiger partial charge in [0.1, 0.15) is 0 Å². The van der Waals surface area contributed by atoms with Gasteiger partial charge >= 0.3 is 6.03 Å². The molecule has 8 heteroatoms. The maximum Gasteiger partial charge on any atom is 0.319 e. The number of nitrogens with one attached hydrogen (secondary N) is 2. The summed E-state index contributed by atoms with van der Waals surface area (Å²) in [5, 5.41) is 10.3. The number of methoxy groups -OCH3 is 2. The molecule has 1 saturated carbocycles. The fourth-order valence-electron chi connectivity index (χ4n) is 2.76. The SMILES string of the molecule is COc1cc(NC(=O)NCc2c(C3CC3)cnn2C)cc(Cl)c1OC. The van der Waals surface area contributed by atoms with Gasteiger partial charge in [0.05, 0.1) is 37.7 Å². The van der Waals surface area contributed by atoms with Gasteiger partial charge in [0.2, 0.25) is 0 Å². The average molecular weight is 365 g/mol. The van der Waals surface area contributed by atoms with Crippen molar-refractivity contribution in [3.05, 3.63) is 34.6 Å². The second kappa shape index (κ2) is 7.23. The van der Waals surface area contributed by atoms with Gasteiger partial charge in [0.15, 0.2) is 11.5 Å². The lowest BCUT2D eigenvalue weighted by Crippen LogP contribution is -2.29. The van der Waals surface area contributed by atoms with E-state index in [0.29, 0.717) is 34.7 Å². The van der Waals surface area contributed by atoms with Crippen molar-refractivity contribution in [2.45, 2.75) is 25.3 Å². The van der Waals surface area contributed by atoms with Crippen LogP contribution in [0.15, 0.2) is 18.3 Å². The van der Waals surface area contributed by atoms with Crippen LogP contribution in [0.2, 0.25) is 5.02 Å². The first-order chi connectivity index (χ1) is 12.0. The number of carbonyl (C=O) groups is 1. The van der Waals surface area contributed by atoms with Crippen molar-refractivity contribution >= 4 is 23.3 Å². The Bertz CT molecular complexity index is 786. The molecule has 1 aliphatic carbocycles. The summed E-state index contributed by atoms with van der Waals surface area (Å²) in [6.45, 7) is 0.412. The van der Waals surface area contributed by atoms with Crippen molar-refractivity contribution in [1.82, 2.24) is 15.1 Å². The van der Waals surface area contributed by atoms with Crippen LogP contribution in [0.3, 0.4) is 0 Å². The lowest BCUT2D eigenvalue weighted by Gasteiger charge is -2.13. The van der Waals surface area contributed by atoms with Crippen molar-refractivity contribution in [3.63, 3.8) is 0 Å². The smallest absolute Gasteiger partial charge is 0.319 e. The maximum atomic E-state index is 12.2. The van der Waals surface area contributed by atoms with Crippen molar-refractivity contribution in [2.75, 3.05) is 19.5 Å². The van der Waals surface area contributed by atoms with Crippen molar-refractivity contribution in [3.8, 4) is 11.5 Å². The molecular weight excluding hydrogens is 344 g/mol. The molecule has 1 aromatic heterocycles. The lowest BCUT2D eigenvalue weighted by atomic mass is 10.1. The normalized spacial score (nSPS) is 13.4. The summed E-state index contributed by atoms with van der Waals surface area (Å²) in [6, 6.07) is 2.94. The number of rotatable bonds is 6. The quantitative estimate of drug-likeness (QED) is 0.824. The van der Waals surface area contributed by atoms with Crippen LogP contribution in [0.1, 0.15) is 30.0 Å². The maximum absolute atomic E-state index is 12.2. The second-order valence-corrected chi connectivity index (χ2v) is 6.35. The van der Waals surface area contributed by atoms with Gasteiger partial charge in [0.25, 0.3) is 0 Å². The van der Waals surface area contributed by atoms with Crippen molar-refractivity contribution in [1.29, 1.82) is 0 Å². The van der Waals surface area contributed by atoms with E-state index in [2.05, 4.69) is 15.7 Å². The Morgan fingerprint density at radius 2 is 2.12 bits per heavy atom. The van der Waals surface area contributed by atoms with Crippen LogP contribution in [0, 0.1) is 0 Å². The number of halogens is 1. The van der Waals surface area contributed by atoms with Crippen LogP contribution in [-0.4, -0.2) is 30.0 Å². The van der Waals surface area contributed by atoms with E-state index in [1.807, 2.05) is 13.2 Å². The summed E-state index contributed by atoms with van der Waals surface area (Å²) >= 11 is 6.15. The second-order valence-electron chi connectivity index (χ2n) is 5.95. The van der Waals surface area contributed by atoms with E-state index >= 15 is 0 Å². The predicted molar refractivity (Wildman–Crippen MR) is 95.6 cm³/mol. The summed E-state index contributed by atoms with van der Waals surface area (Å²) in [5.41, 5.74) is 2.77. The van der Waals surface area contributed by atoms with E-state index in [9.17, 15) is 4.79 Å². The zero-order valence-electron chi connectivity index (χ0n) is 14.4. The first-order valence-corrected chi connectivity index (χ1v) is 8.38. The molecule has 3 rings (SSSR count). The molecule has 0 atom stereocenters. The van der Waals surface area contributed by atoms with Crippen molar-refractivity contribution in [2.24, 2.45) is 7.05 Å². The number of hydrogen-bond donors (Lipinski definition) is 2. The first kappa shape index (κ1) is 17.4. The number of aromatic nitrogens is 2. The molecule has 1 aromatic carbocycles. The third-order valence-electron chi connectivity index (χ3n) is 4.22. The Labute approximate surface area is 151 Å². The van der Waals surface area contributed by atoms with E-state index in [1.165, 1.54) is 32.6 Å². The fourth-order valence-corrected chi connectivity index (χ4v) is 3.05. The minimum absolute atomic E-state index is 0.328. The Kier molecular flexibility index (Phi) is 5.03. The highest BCUT2D eigenvalue weighted by molar-refractivity contribution is 6.32. The number of amides is 2. The Balaban J connectivity index is 1.65. The summed E-state index contributed by atoms with van der Waals surface area (Å²) in [7, 11) is 4.91. The largest absolute Gasteiger partial charge is 0.493 e. The van der Waals surface area contributed by atoms with Crippen LogP contribution in [0.5, 0.6) is 11.5 Å². The molecular formula is C17H21ClN4O3. The topological polar surface area (TPSA) is 77.4 Å². The summed E-state index contributed by atoms with van der Waals surface area (Å²) in [6.07, 6.45) is 4.27. The number of aryl methyl sites for hydroxylation is 1. The van der Waals surface area contributed by atoms with Crippen LogP contribution in [-0.2, 0) is 13.6 Å². The first-order valence-electron chi connectivity index (χ1n) is 8.00. The summed E-state index contributed by atoms with van der Waals surface area (Å²) in [4.78, 5) is 12.2. The van der Waals surface area contributed by atoms with Crippen LogP contribution in [0.25, 0.3) is 0 Å². The van der Waals surface area contributed by atoms with Gasteiger partial charge in [-0.25, -0.2) is 4.79 Å². The standard InChI is InChI=1S/C17H21ClN4O3/c1-22-14(12(8-20-22)10-4-5-10)9-19-17(23)21-11-6-13(18)16(25-3)15(7-11)24-2/h6-8,10H,4-5,9H2,1-3H3,(H2,19,21,23). The van der Waals surface area contributed by atoms with Crippen LogP contribution < -0.4 is 20.1 Å². The minimum atomic E-state index is -0.328. The molecule has 2 N–H and O–H groups in total. The number of urea groups is 1. The molecule has 0 bridgehead atoms. The molecule has 1 fully saturated rings. The monoisotopic (exact) mass is 364 g/mol. The van der Waals surface area contributed by atoms with E-state index in [-0.39, 0.29) is 6.03 Å². The zero-order chi connectivity index (χ0) is 18.0. The number of anilines is 1. The molecule has 134 valence electrons. The van der Waals surface area contributed by atoms with Gasteiger partial charge in [-0.2, -0.15) is 5.10 Å². The fraction of sp³-hybridized carbons (Fsp3) is 0.412. The molecule has 2 aromatic rings. The Hall–Kier alpha value is -2.41.